The van der Waals surface area contributed by atoms with Gasteiger partial charge in [0.2, 0.25) is 6.79 Å². The number of likely N-dealkylation sites (tertiary alicyclic amines) is 1. The number of hydrogen-bond acceptors (Lipinski definition) is 4. The number of guanidine groups is 1. The Kier molecular flexibility index (Phi) is 6.25. The summed E-state index contributed by atoms with van der Waals surface area (Å²) in [5, 5.41) is 3.59. The minimum atomic E-state index is 0.298. The molecule has 0 bridgehead atoms. The second-order valence-electron chi connectivity index (χ2n) is 8.53. The largest absolute Gasteiger partial charge is 0.454 e. The van der Waals surface area contributed by atoms with Crippen molar-refractivity contribution in [3.05, 3.63) is 18.2 Å². The zero-order valence-corrected chi connectivity index (χ0v) is 17.0. The van der Waals surface area contributed by atoms with Crippen LogP contribution >= 0.6 is 0 Å². The van der Waals surface area contributed by atoms with Crippen LogP contribution in [0.2, 0.25) is 0 Å². The van der Waals surface area contributed by atoms with E-state index in [1.165, 1.54) is 44.9 Å². The van der Waals surface area contributed by atoms with Crippen molar-refractivity contribution in [3.63, 3.8) is 0 Å². The first-order valence-electron chi connectivity index (χ1n) is 10.9. The third-order valence-electron chi connectivity index (χ3n) is 6.43. The van der Waals surface area contributed by atoms with Crippen molar-refractivity contribution >= 4 is 11.6 Å². The van der Waals surface area contributed by atoms with Gasteiger partial charge in [-0.2, -0.15) is 0 Å². The molecule has 3 atom stereocenters. The van der Waals surface area contributed by atoms with E-state index in [4.69, 9.17) is 20.2 Å². The van der Waals surface area contributed by atoms with Crippen LogP contribution < -0.4 is 20.5 Å². The molecule has 1 saturated heterocycles. The average Bonchev–Trinajstić information content (AvgIpc) is 3.19. The smallest absolute Gasteiger partial charge is 0.231 e. The average molecular weight is 387 g/mol. The number of fused-ring (bicyclic) bond motifs is 1. The first-order chi connectivity index (χ1) is 13.7. The van der Waals surface area contributed by atoms with E-state index in [-0.39, 0.29) is 0 Å². The maximum atomic E-state index is 5.92. The highest BCUT2D eigenvalue weighted by atomic mass is 16.7. The Morgan fingerprint density at radius 2 is 2.00 bits per heavy atom. The number of anilines is 1. The molecule has 0 spiro atoms. The Morgan fingerprint density at radius 3 is 2.86 bits per heavy atom. The number of nitrogens with zero attached hydrogens (tertiary/aromatic N) is 2. The molecule has 3 unspecified atom stereocenters. The molecule has 1 saturated carbocycles. The van der Waals surface area contributed by atoms with E-state index in [9.17, 15) is 0 Å². The minimum absolute atomic E-state index is 0.298. The van der Waals surface area contributed by atoms with Crippen molar-refractivity contribution in [2.24, 2.45) is 22.6 Å². The Hall–Kier alpha value is -1.95. The first-order valence-corrected chi connectivity index (χ1v) is 10.9. The topological polar surface area (TPSA) is 72.1 Å². The minimum Gasteiger partial charge on any atom is -0.454 e. The van der Waals surface area contributed by atoms with Crippen LogP contribution in [0.15, 0.2) is 23.2 Å². The highest BCUT2D eigenvalue weighted by Gasteiger charge is 2.25. The summed E-state index contributed by atoms with van der Waals surface area (Å²) in [6, 6.07) is 6.53. The SMILES string of the molecule is CC1CCCCN1C(=NCC1CCCC(CN)C1)Nc1ccc2c(c1)OCO2. The number of piperidine rings is 1. The van der Waals surface area contributed by atoms with Gasteiger partial charge < -0.3 is 25.4 Å². The summed E-state index contributed by atoms with van der Waals surface area (Å²) in [4.78, 5) is 7.54. The van der Waals surface area contributed by atoms with Crippen LogP contribution in [0.1, 0.15) is 51.9 Å². The normalized spacial score (nSPS) is 27.7. The van der Waals surface area contributed by atoms with E-state index in [1.54, 1.807) is 0 Å². The second kappa shape index (κ2) is 9.03. The summed E-state index contributed by atoms with van der Waals surface area (Å²) >= 11 is 0. The highest BCUT2D eigenvalue weighted by Crippen LogP contribution is 2.34. The van der Waals surface area contributed by atoms with Crippen molar-refractivity contribution in [3.8, 4) is 11.5 Å². The molecular formula is C22H34N4O2. The fourth-order valence-corrected chi connectivity index (χ4v) is 4.72. The van der Waals surface area contributed by atoms with E-state index in [2.05, 4.69) is 17.1 Å². The van der Waals surface area contributed by atoms with E-state index in [0.29, 0.717) is 24.7 Å². The molecule has 3 N–H and O–H groups in total. The molecule has 2 fully saturated rings. The summed E-state index contributed by atoms with van der Waals surface area (Å²) in [7, 11) is 0. The van der Waals surface area contributed by atoms with Crippen molar-refractivity contribution in [2.45, 2.75) is 57.9 Å². The van der Waals surface area contributed by atoms with Crippen LogP contribution in [-0.4, -0.2) is 43.3 Å². The standard InChI is InChI=1S/C22H34N4O2/c1-16-5-2-3-10-26(16)22(24-14-18-7-4-6-17(11-18)13-23)25-19-8-9-20-21(12-19)28-15-27-20/h8-9,12,16-18H,2-7,10-11,13-15,23H2,1H3,(H,24,25). The number of nitrogens with one attached hydrogen (secondary N) is 1. The molecule has 3 aliphatic rings. The first kappa shape index (κ1) is 19.4. The predicted molar refractivity (Wildman–Crippen MR) is 113 cm³/mol. The lowest BCUT2D eigenvalue weighted by atomic mass is 9.81. The van der Waals surface area contributed by atoms with E-state index >= 15 is 0 Å². The number of aliphatic imine (C=N–C) groups is 1. The van der Waals surface area contributed by atoms with Crippen LogP contribution in [0, 0.1) is 11.8 Å². The van der Waals surface area contributed by atoms with Crippen molar-refractivity contribution in [1.82, 2.24) is 4.90 Å². The zero-order chi connectivity index (χ0) is 19.3. The fraction of sp³-hybridized carbons (Fsp3) is 0.682. The molecule has 2 aliphatic heterocycles. The molecule has 4 rings (SSSR count). The van der Waals surface area contributed by atoms with Gasteiger partial charge in [0.05, 0.1) is 0 Å². The van der Waals surface area contributed by atoms with Gasteiger partial charge in [-0.1, -0.05) is 6.42 Å². The summed E-state index contributed by atoms with van der Waals surface area (Å²) in [6.07, 6.45) is 8.80. The van der Waals surface area contributed by atoms with Crippen LogP contribution in [0.4, 0.5) is 5.69 Å². The van der Waals surface area contributed by atoms with Gasteiger partial charge in [-0.05, 0) is 76.0 Å². The van der Waals surface area contributed by atoms with Gasteiger partial charge in [0.15, 0.2) is 17.5 Å². The molecule has 0 radical (unpaired) electrons. The van der Waals surface area contributed by atoms with Gasteiger partial charge in [-0.3, -0.25) is 4.99 Å². The lowest BCUT2D eigenvalue weighted by Gasteiger charge is -2.36. The van der Waals surface area contributed by atoms with Crippen LogP contribution in [0.3, 0.4) is 0 Å². The summed E-state index contributed by atoms with van der Waals surface area (Å²) in [5.74, 6) is 3.93. The zero-order valence-electron chi connectivity index (χ0n) is 17.0. The van der Waals surface area contributed by atoms with E-state index < -0.39 is 0 Å². The van der Waals surface area contributed by atoms with Crippen LogP contribution in [0.5, 0.6) is 11.5 Å². The van der Waals surface area contributed by atoms with E-state index in [1.807, 2.05) is 18.2 Å². The lowest BCUT2D eigenvalue weighted by molar-refractivity contribution is 0.174. The highest BCUT2D eigenvalue weighted by molar-refractivity contribution is 5.94. The number of hydrogen-bond donors (Lipinski definition) is 2. The fourth-order valence-electron chi connectivity index (χ4n) is 4.72. The third kappa shape index (κ3) is 4.54. The lowest BCUT2D eigenvalue weighted by Crippen LogP contribution is -2.45. The number of benzene rings is 1. The molecule has 2 heterocycles. The number of ether oxygens (including phenoxy) is 2. The summed E-state index contributed by atoms with van der Waals surface area (Å²) in [6.45, 7) is 5.36. The van der Waals surface area contributed by atoms with Crippen molar-refractivity contribution in [2.75, 3.05) is 31.7 Å². The molecular weight excluding hydrogens is 352 g/mol. The number of rotatable bonds is 4. The molecule has 0 aromatic heterocycles. The molecule has 1 aromatic carbocycles. The molecule has 0 amide bonds. The quantitative estimate of drug-likeness (QED) is 0.608. The van der Waals surface area contributed by atoms with Crippen LogP contribution in [-0.2, 0) is 0 Å². The third-order valence-corrected chi connectivity index (χ3v) is 6.43. The van der Waals surface area contributed by atoms with Crippen molar-refractivity contribution in [1.29, 1.82) is 0 Å². The van der Waals surface area contributed by atoms with Crippen molar-refractivity contribution < 1.29 is 9.47 Å². The molecule has 6 nitrogen and oxygen atoms in total. The molecule has 28 heavy (non-hydrogen) atoms. The van der Waals surface area contributed by atoms with Gasteiger partial charge in [0.1, 0.15) is 0 Å². The van der Waals surface area contributed by atoms with E-state index in [0.717, 1.165) is 42.8 Å². The summed E-state index contributed by atoms with van der Waals surface area (Å²) in [5.41, 5.74) is 6.93. The molecule has 154 valence electrons. The van der Waals surface area contributed by atoms with Gasteiger partial charge in [0.25, 0.3) is 0 Å². The van der Waals surface area contributed by atoms with Gasteiger partial charge in [-0.15, -0.1) is 0 Å². The molecule has 1 aliphatic carbocycles. The Morgan fingerprint density at radius 1 is 1.14 bits per heavy atom. The monoisotopic (exact) mass is 386 g/mol. The Bertz CT molecular complexity index is 693. The van der Waals surface area contributed by atoms with Gasteiger partial charge in [-0.25, -0.2) is 0 Å². The Labute approximate surface area is 168 Å². The molecule has 6 heteroatoms. The maximum Gasteiger partial charge on any atom is 0.231 e. The second-order valence-corrected chi connectivity index (χ2v) is 8.53. The van der Waals surface area contributed by atoms with Gasteiger partial charge >= 0.3 is 0 Å². The number of nitrogens with two attached hydrogens (primary N) is 1. The summed E-state index contributed by atoms with van der Waals surface area (Å²) < 4.78 is 11.0. The maximum absolute atomic E-state index is 5.92. The Balaban J connectivity index is 1.50. The van der Waals surface area contributed by atoms with Gasteiger partial charge in [0, 0.05) is 30.9 Å². The molecule has 1 aromatic rings. The van der Waals surface area contributed by atoms with Crippen LogP contribution in [0.25, 0.3) is 0 Å². The predicted octanol–water partition coefficient (Wildman–Crippen LogP) is 3.82.